The Morgan fingerprint density at radius 3 is 2.84 bits per heavy atom. The van der Waals surface area contributed by atoms with E-state index in [0.29, 0.717) is 24.7 Å². The Hall–Kier alpha value is -1.93. The minimum absolute atomic E-state index is 0.108. The van der Waals surface area contributed by atoms with Gasteiger partial charge in [0.05, 0.1) is 18.5 Å². The summed E-state index contributed by atoms with van der Waals surface area (Å²) in [4.78, 5) is 14.7. The van der Waals surface area contributed by atoms with E-state index in [-0.39, 0.29) is 5.01 Å². The van der Waals surface area contributed by atoms with Crippen molar-refractivity contribution in [3.8, 4) is 5.88 Å². The van der Waals surface area contributed by atoms with Crippen LogP contribution in [0.25, 0.3) is 0 Å². The topological polar surface area (TPSA) is 89.3 Å². The molecule has 0 radical (unpaired) electrons. The van der Waals surface area contributed by atoms with Crippen molar-refractivity contribution in [3.63, 3.8) is 0 Å². The lowest BCUT2D eigenvalue weighted by Crippen LogP contribution is -2.13. The molecule has 0 aromatic carbocycles. The van der Waals surface area contributed by atoms with Crippen LogP contribution < -0.4 is 10.1 Å². The first-order chi connectivity index (χ1) is 9.10. The monoisotopic (exact) mass is 282 g/mol. The van der Waals surface area contributed by atoms with Crippen LogP contribution in [0.5, 0.6) is 5.88 Å². The van der Waals surface area contributed by atoms with E-state index in [1.165, 1.54) is 0 Å². The predicted octanol–water partition coefficient (Wildman–Crippen LogP) is 0.873. The quantitative estimate of drug-likeness (QED) is 0.817. The molecule has 2 aromatic rings. The fourth-order valence-corrected chi connectivity index (χ4v) is 2.24. The molecule has 2 heterocycles. The summed E-state index contributed by atoms with van der Waals surface area (Å²) in [7, 11) is 3.40. The number of carboxylic acids is 1. The fourth-order valence-electron chi connectivity index (χ4n) is 1.59. The number of ether oxygens (including phenoxy) is 1. The van der Waals surface area contributed by atoms with Crippen LogP contribution in [0.4, 0.5) is 0 Å². The Balaban J connectivity index is 1.86. The molecule has 2 rings (SSSR count). The third-order valence-electron chi connectivity index (χ3n) is 2.44. The van der Waals surface area contributed by atoms with Crippen LogP contribution in [0.1, 0.15) is 21.2 Å². The Morgan fingerprint density at radius 1 is 1.53 bits per heavy atom. The van der Waals surface area contributed by atoms with E-state index < -0.39 is 5.97 Å². The van der Waals surface area contributed by atoms with Gasteiger partial charge >= 0.3 is 5.97 Å². The van der Waals surface area contributed by atoms with Crippen LogP contribution in [-0.2, 0) is 20.1 Å². The molecule has 7 nitrogen and oxygen atoms in total. The highest BCUT2D eigenvalue weighted by atomic mass is 32.1. The zero-order valence-corrected chi connectivity index (χ0v) is 11.4. The average Bonchev–Trinajstić information content (AvgIpc) is 2.96. The molecule has 0 aliphatic carbocycles. The number of nitrogens with zero attached hydrogens (tertiary/aromatic N) is 3. The number of aromatic nitrogens is 3. The Morgan fingerprint density at radius 2 is 2.26 bits per heavy atom. The molecular formula is C11H14N4O3S. The SMILES string of the molecule is COc1cc(CNCc2csc(C(=O)O)n2)nn1C. The number of rotatable bonds is 6. The van der Waals surface area contributed by atoms with Gasteiger partial charge in [-0.15, -0.1) is 11.3 Å². The molecule has 0 aliphatic rings. The molecule has 0 aliphatic heterocycles. The van der Waals surface area contributed by atoms with Crippen LogP contribution in [0.3, 0.4) is 0 Å². The molecule has 2 aromatic heterocycles. The smallest absolute Gasteiger partial charge is 0.365 e. The standard InChI is InChI=1S/C11H14N4O3S/c1-15-9(18-2)3-7(14-15)4-12-5-8-6-19-10(13-8)11(16)17/h3,6,12H,4-5H2,1-2H3,(H,16,17). The van der Waals surface area contributed by atoms with E-state index in [2.05, 4.69) is 15.4 Å². The van der Waals surface area contributed by atoms with Gasteiger partial charge in [-0.05, 0) is 0 Å². The van der Waals surface area contributed by atoms with Gasteiger partial charge < -0.3 is 15.2 Å². The molecule has 0 saturated carbocycles. The number of hydrogen-bond acceptors (Lipinski definition) is 6. The Bertz CT molecular complexity index is 578. The number of thiazole rings is 1. The summed E-state index contributed by atoms with van der Waals surface area (Å²) in [5.74, 6) is -0.302. The summed E-state index contributed by atoms with van der Waals surface area (Å²) >= 11 is 1.12. The zero-order chi connectivity index (χ0) is 13.8. The van der Waals surface area contributed by atoms with Gasteiger partial charge in [0.15, 0.2) is 0 Å². The largest absolute Gasteiger partial charge is 0.481 e. The lowest BCUT2D eigenvalue weighted by Gasteiger charge is -1.98. The van der Waals surface area contributed by atoms with Crippen LogP contribution >= 0.6 is 11.3 Å². The van der Waals surface area contributed by atoms with Crippen molar-refractivity contribution < 1.29 is 14.6 Å². The summed E-state index contributed by atoms with van der Waals surface area (Å²) in [6, 6.07) is 1.84. The second kappa shape index (κ2) is 5.81. The molecule has 0 unspecified atom stereocenters. The minimum Gasteiger partial charge on any atom is -0.481 e. The van der Waals surface area contributed by atoms with Gasteiger partial charge in [0.2, 0.25) is 10.9 Å². The van der Waals surface area contributed by atoms with Crippen LogP contribution in [0, 0.1) is 0 Å². The fraction of sp³-hybridized carbons (Fsp3) is 0.364. The summed E-state index contributed by atoms with van der Waals surface area (Å²) in [6.07, 6.45) is 0. The van der Waals surface area contributed by atoms with E-state index in [0.717, 1.165) is 17.0 Å². The summed E-state index contributed by atoms with van der Waals surface area (Å²) < 4.78 is 6.77. The van der Waals surface area contributed by atoms with Gasteiger partial charge in [-0.1, -0.05) is 0 Å². The number of methoxy groups -OCH3 is 1. The van der Waals surface area contributed by atoms with E-state index in [9.17, 15) is 4.79 Å². The van der Waals surface area contributed by atoms with Crippen molar-refractivity contribution in [1.82, 2.24) is 20.1 Å². The van der Waals surface area contributed by atoms with E-state index in [1.807, 2.05) is 13.1 Å². The van der Waals surface area contributed by atoms with Crippen LogP contribution in [0.2, 0.25) is 0 Å². The second-order valence-electron chi connectivity index (χ2n) is 3.85. The maximum absolute atomic E-state index is 10.7. The van der Waals surface area contributed by atoms with Gasteiger partial charge in [0.1, 0.15) is 0 Å². The number of aromatic carboxylic acids is 1. The minimum atomic E-state index is -0.995. The molecule has 102 valence electrons. The molecular weight excluding hydrogens is 268 g/mol. The summed E-state index contributed by atoms with van der Waals surface area (Å²) in [5.41, 5.74) is 1.57. The van der Waals surface area contributed by atoms with Gasteiger partial charge in [0, 0.05) is 31.6 Å². The molecule has 0 spiro atoms. The lowest BCUT2D eigenvalue weighted by molar-refractivity contribution is 0.0696. The van der Waals surface area contributed by atoms with Gasteiger partial charge in [-0.3, -0.25) is 0 Å². The third kappa shape index (κ3) is 3.30. The summed E-state index contributed by atoms with van der Waals surface area (Å²) in [5, 5.41) is 18.0. The van der Waals surface area contributed by atoms with Crippen molar-refractivity contribution in [2.45, 2.75) is 13.1 Å². The van der Waals surface area contributed by atoms with Crippen molar-refractivity contribution in [1.29, 1.82) is 0 Å². The molecule has 8 heteroatoms. The normalized spacial score (nSPS) is 10.6. The van der Waals surface area contributed by atoms with Crippen molar-refractivity contribution in [3.05, 3.63) is 27.8 Å². The highest BCUT2D eigenvalue weighted by Gasteiger charge is 2.09. The lowest BCUT2D eigenvalue weighted by atomic mass is 10.4. The number of carbonyl (C=O) groups is 1. The Labute approximate surface area is 113 Å². The highest BCUT2D eigenvalue weighted by Crippen LogP contribution is 2.12. The first-order valence-electron chi connectivity index (χ1n) is 5.55. The zero-order valence-electron chi connectivity index (χ0n) is 10.6. The molecule has 0 bridgehead atoms. The van der Waals surface area contributed by atoms with E-state index >= 15 is 0 Å². The molecule has 0 saturated heterocycles. The van der Waals surface area contributed by atoms with Crippen LogP contribution in [-0.4, -0.2) is 33.0 Å². The van der Waals surface area contributed by atoms with Gasteiger partial charge in [-0.2, -0.15) is 5.10 Å². The maximum atomic E-state index is 10.7. The number of hydrogen-bond donors (Lipinski definition) is 2. The predicted molar refractivity (Wildman–Crippen MR) is 69.4 cm³/mol. The number of nitrogens with one attached hydrogen (secondary N) is 1. The summed E-state index contributed by atoms with van der Waals surface area (Å²) in [6.45, 7) is 1.07. The first-order valence-corrected chi connectivity index (χ1v) is 6.43. The van der Waals surface area contributed by atoms with Gasteiger partial charge in [-0.25, -0.2) is 14.5 Å². The van der Waals surface area contributed by atoms with E-state index in [4.69, 9.17) is 9.84 Å². The number of carboxylic acid groups (broad SMARTS) is 1. The van der Waals surface area contributed by atoms with Crippen molar-refractivity contribution in [2.75, 3.05) is 7.11 Å². The molecule has 0 amide bonds. The number of aryl methyl sites for hydroxylation is 1. The van der Waals surface area contributed by atoms with Crippen molar-refractivity contribution in [2.24, 2.45) is 7.05 Å². The van der Waals surface area contributed by atoms with Crippen LogP contribution in [0.15, 0.2) is 11.4 Å². The molecule has 2 N–H and O–H groups in total. The Kier molecular flexibility index (Phi) is 4.13. The van der Waals surface area contributed by atoms with E-state index in [1.54, 1.807) is 17.2 Å². The maximum Gasteiger partial charge on any atom is 0.365 e. The second-order valence-corrected chi connectivity index (χ2v) is 4.71. The molecule has 19 heavy (non-hydrogen) atoms. The van der Waals surface area contributed by atoms with Crippen molar-refractivity contribution >= 4 is 17.3 Å². The third-order valence-corrected chi connectivity index (χ3v) is 3.32. The highest BCUT2D eigenvalue weighted by molar-refractivity contribution is 7.11. The average molecular weight is 282 g/mol. The van der Waals surface area contributed by atoms with Gasteiger partial charge in [0.25, 0.3) is 0 Å². The molecule has 0 atom stereocenters. The first kappa shape index (κ1) is 13.5. The molecule has 0 fully saturated rings.